The topological polar surface area (TPSA) is 59.2 Å². The van der Waals surface area contributed by atoms with Crippen LogP contribution >= 0.6 is 0 Å². The van der Waals surface area contributed by atoms with E-state index in [4.69, 9.17) is 5.73 Å². The van der Waals surface area contributed by atoms with Crippen LogP contribution in [0.25, 0.3) is 0 Å². The van der Waals surface area contributed by atoms with Gasteiger partial charge in [-0.15, -0.1) is 0 Å². The first kappa shape index (κ1) is 13.6. The molecule has 1 aromatic rings. The van der Waals surface area contributed by atoms with Crippen LogP contribution < -0.4 is 10.6 Å². The molecule has 4 heteroatoms. The van der Waals surface area contributed by atoms with E-state index in [-0.39, 0.29) is 11.3 Å². The van der Waals surface area contributed by atoms with Gasteiger partial charge in [-0.05, 0) is 24.5 Å². The molecule has 0 bridgehead atoms. The minimum atomic E-state index is -0.504. The maximum atomic E-state index is 12.3. The van der Waals surface area contributed by atoms with E-state index in [9.17, 15) is 4.79 Å². The lowest BCUT2D eigenvalue weighted by Crippen LogP contribution is -2.50. The molecule has 1 aromatic heterocycles. The molecule has 0 spiro atoms. The van der Waals surface area contributed by atoms with Crippen molar-refractivity contribution in [1.82, 2.24) is 4.98 Å². The number of rotatable bonds is 3. The molecule has 17 heavy (non-hydrogen) atoms. The molecule has 0 aromatic carbocycles. The molecular weight excluding hydrogens is 214 g/mol. The van der Waals surface area contributed by atoms with E-state index in [1.807, 2.05) is 39.8 Å². The summed E-state index contributed by atoms with van der Waals surface area (Å²) in [6.45, 7) is 8.45. The molecule has 1 unspecified atom stereocenters. The number of aromatic nitrogens is 1. The van der Waals surface area contributed by atoms with Gasteiger partial charge in [0, 0.05) is 24.6 Å². The molecule has 0 aliphatic carbocycles. The van der Waals surface area contributed by atoms with Crippen molar-refractivity contribution < 1.29 is 4.79 Å². The molecule has 4 nitrogen and oxygen atoms in total. The molecule has 0 radical (unpaired) electrons. The number of pyridine rings is 1. The Kier molecular flexibility index (Phi) is 4.23. The van der Waals surface area contributed by atoms with Gasteiger partial charge in [0.25, 0.3) is 0 Å². The molecule has 1 atom stereocenters. The van der Waals surface area contributed by atoms with Gasteiger partial charge < -0.3 is 10.6 Å². The first-order valence-corrected chi connectivity index (χ1v) is 5.85. The van der Waals surface area contributed by atoms with Crippen LogP contribution in [0.1, 0.15) is 27.7 Å². The van der Waals surface area contributed by atoms with Crippen molar-refractivity contribution in [3.8, 4) is 0 Å². The molecule has 94 valence electrons. The van der Waals surface area contributed by atoms with Gasteiger partial charge in [-0.2, -0.15) is 0 Å². The maximum absolute atomic E-state index is 12.3. The van der Waals surface area contributed by atoms with Gasteiger partial charge in [-0.25, -0.2) is 0 Å². The molecule has 0 aliphatic heterocycles. The molecule has 0 fully saturated rings. The van der Waals surface area contributed by atoms with E-state index in [1.165, 1.54) is 0 Å². The molecule has 2 N–H and O–H groups in total. The summed E-state index contributed by atoms with van der Waals surface area (Å²) in [5.41, 5.74) is 6.60. The molecule has 0 saturated heterocycles. The van der Waals surface area contributed by atoms with Gasteiger partial charge in [0.05, 0.1) is 6.04 Å². The Morgan fingerprint density at radius 3 is 2.35 bits per heavy atom. The van der Waals surface area contributed by atoms with Crippen LogP contribution in [0.2, 0.25) is 0 Å². The van der Waals surface area contributed by atoms with E-state index in [1.54, 1.807) is 17.3 Å². The van der Waals surface area contributed by atoms with Crippen LogP contribution in [-0.4, -0.2) is 23.5 Å². The van der Waals surface area contributed by atoms with Crippen LogP contribution in [-0.2, 0) is 4.79 Å². The number of anilines is 1. The lowest BCUT2D eigenvalue weighted by atomic mass is 9.86. The Morgan fingerprint density at radius 1 is 1.41 bits per heavy atom. The minimum Gasteiger partial charge on any atom is -0.319 e. The maximum Gasteiger partial charge on any atom is 0.244 e. The fourth-order valence-electron chi connectivity index (χ4n) is 1.53. The average Bonchev–Trinajstić information content (AvgIpc) is 2.29. The van der Waals surface area contributed by atoms with Crippen LogP contribution in [0.15, 0.2) is 24.5 Å². The summed E-state index contributed by atoms with van der Waals surface area (Å²) in [5.74, 6) is -0.0498. The van der Waals surface area contributed by atoms with Gasteiger partial charge in [0.2, 0.25) is 5.91 Å². The lowest BCUT2D eigenvalue weighted by molar-refractivity contribution is -0.121. The highest BCUT2D eigenvalue weighted by Gasteiger charge is 2.31. The van der Waals surface area contributed by atoms with Gasteiger partial charge >= 0.3 is 0 Å². The molecule has 1 rings (SSSR count). The summed E-state index contributed by atoms with van der Waals surface area (Å²) in [5, 5.41) is 0. The third-order valence-corrected chi connectivity index (χ3v) is 2.76. The molecule has 0 aliphatic rings. The quantitative estimate of drug-likeness (QED) is 0.869. The summed E-state index contributed by atoms with van der Waals surface area (Å²) in [4.78, 5) is 17.9. The summed E-state index contributed by atoms with van der Waals surface area (Å²) >= 11 is 0. The van der Waals surface area contributed by atoms with E-state index >= 15 is 0 Å². The van der Waals surface area contributed by atoms with E-state index in [0.717, 1.165) is 5.69 Å². The average molecular weight is 235 g/mol. The Bertz CT molecular complexity index is 370. The lowest BCUT2D eigenvalue weighted by Gasteiger charge is -2.31. The summed E-state index contributed by atoms with van der Waals surface area (Å²) in [6, 6.07) is 3.13. The third-order valence-electron chi connectivity index (χ3n) is 2.76. The van der Waals surface area contributed by atoms with E-state index < -0.39 is 6.04 Å². The van der Waals surface area contributed by atoms with Crippen LogP contribution in [0.4, 0.5) is 5.69 Å². The van der Waals surface area contributed by atoms with Crippen molar-refractivity contribution >= 4 is 11.6 Å². The predicted octanol–water partition coefficient (Wildman–Crippen LogP) is 1.81. The minimum absolute atomic E-state index is 0.0498. The Morgan fingerprint density at radius 2 is 1.94 bits per heavy atom. The van der Waals surface area contributed by atoms with E-state index in [0.29, 0.717) is 6.54 Å². The van der Waals surface area contributed by atoms with Gasteiger partial charge in [0.1, 0.15) is 0 Å². The number of nitrogens with zero attached hydrogens (tertiary/aromatic N) is 2. The zero-order valence-electron chi connectivity index (χ0n) is 11.0. The number of amides is 1. The SMILES string of the molecule is CCN(C(=O)C(N)C(C)(C)C)c1ccncc1. The Hall–Kier alpha value is -1.42. The van der Waals surface area contributed by atoms with Crippen molar-refractivity contribution in [2.45, 2.75) is 33.7 Å². The second-order valence-electron chi connectivity index (χ2n) is 5.13. The monoisotopic (exact) mass is 235 g/mol. The number of hydrogen-bond donors (Lipinski definition) is 1. The normalized spacial score (nSPS) is 13.2. The third kappa shape index (κ3) is 3.27. The van der Waals surface area contributed by atoms with Gasteiger partial charge in [-0.3, -0.25) is 9.78 Å². The molecule has 1 amide bonds. The molecule has 1 heterocycles. The Balaban J connectivity index is 2.93. The number of nitrogens with two attached hydrogens (primary N) is 1. The zero-order chi connectivity index (χ0) is 13.1. The predicted molar refractivity (Wildman–Crippen MR) is 69.7 cm³/mol. The van der Waals surface area contributed by atoms with Crippen LogP contribution in [0.5, 0.6) is 0 Å². The number of carbonyl (C=O) groups is 1. The number of carbonyl (C=O) groups excluding carboxylic acids is 1. The van der Waals surface area contributed by atoms with Crippen molar-refractivity contribution in [3.05, 3.63) is 24.5 Å². The molecular formula is C13H21N3O. The van der Waals surface area contributed by atoms with Gasteiger partial charge in [-0.1, -0.05) is 20.8 Å². The van der Waals surface area contributed by atoms with Crippen molar-refractivity contribution in [2.24, 2.45) is 11.1 Å². The second kappa shape index (κ2) is 5.27. The van der Waals surface area contributed by atoms with Crippen LogP contribution in [0.3, 0.4) is 0 Å². The van der Waals surface area contributed by atoms with E-state index in [2.05, 4.69) is 4.98 Å². The fourth-order valence-corrected chi connectivity index (χ4v) is 1.53. The summed E-state index contributed by atoms with van der Waals surface area (Å²) in [6.07, 6.45) is 3.35. The first-order valence-electron chi connectivity index (χ1n) is 5.85. The number of hydrogen-bond acceptors (Lipinski definition) is 3. The van der Waals surface area contributed by atoms with Crippen molar-refractivity contribution in [3.63, 3.8) is 0 Å². The second-order valence-corrected chi connectivity index (χ2v) is 5.13. The van der Waals surface area contributed by atoms with Gasteiger partial charge in [0.15, 0.2) is 0 Å². The Labute approximate surface area is 103 Å². The van der Waals surface area contributed by atoms with Crippen molar-refractivity contribution in [2.75, 3.05) is 11.4 Å². The molecule has 0 saturated carbocycles. The highest BCUT2D eigenvalue weighted by atomic mass is 16.2. The van der Waals surface area contributed by atoms with Crippen molar-refractivity contribution in [1.29, 1.82) is 0 Å². The standard InChI is InChI=1S/C13H21N3O/c1-5-16(10-6-8-15-9-7-10)12(17)11(14)13(2,3)4/h6-9,11H,5,14H2,1-4H3. The van der Waals surface area contributed by atoms with Crippen LogP contribution in [0, 0.1) is 5.41 Å². The summed E-state index contributed by atoms with van der Waals surface area (Å²) < 4.78 is 0. The highest BCUT2D eigenvalue weighted by molar-refractivity contribution is 5.97. The fraction of sp³-hybridized carbons (Fsp3) is 0.538. The zero-order valence-corrected chi connectivity index (χ0v) is 11.0. The summed E-state index contributed by atoms with van der Waals surface area (Å²) in [7, 11) is 0. The highest BCUT2D eigenvalue weighted by Crippen LogP contribution is 2.21. The number of likely N-dealkylation sites (N-methyl/N-ethyl adjacent to an activating group) is 1. The smallest absolute Gasteiger partial charge is 0.244 e. The largest absolute Gasteiger partial charge is 0.319 e. The first-order chi connectivity index (χ1) is 7.88.